The summed E-state index contributed by atoms with van der Waals surface area (Å²) in [5.74, 6) is 1.90. The number of nitrogens with zero attached hydrogens (tertiary/aromatic N) is 3. The molecule has 0 spiro atoms. The van der Waals surface area contributed by atoms with Crippen molar-refractivity contribution in [3.8, 4) is 17.1 Å². The highest BCUT2D eigenvalue weighted by Crippen LogP contribution is 2.21. The molecule has 0 unspecified atom stereocenters. The molecular weight excluding hydrogens is 290 g/mol. The fourth-order valence-electron chi connectivity index (χ4n) is 2.93. The number of ether oxygens (including phenoxy) is 2. The van der Waals surface area contributed by atoms with Gasteiger partial charge in [0, 0.05) is 37.6 Å². The van der Waals surface area contributed by atoms with Crippen LogP contribution in [0.2, 0.25) is 0 Å². The van der Waals surface area contributed by atoms with Crippen molar-refractivity contribution in [1.29, 1.82) is 0 Å². The van der Waals surface area contributed by atoms with E-state index in [4.69, 9.17) is 9.47 Å². The Hall–Kier alpha value is -1.85. The Morgan fingerprint density at radius 2 is 1.83 bits per heavy atom. The van der Waals surface area contributed by atoms with Crippen LogP contribution in [0.15, 0.2) is 36.7 Å². The zero-order chi connectivity index (χ0) is 15.9. The minimum atomic E-state index is 0.873. The number of morpholine rings is 1. The molecule has 2 heterocycles. The van der Waals surface area contributed by atoms with Gasteiger partial charge in [-0.2, -0.15) is 0 Å². The molecule has 3 rings (SSSR count). The highest BCUT2D eigenvalue weighted by atomic mass is 16.5. The van der Waals surface area contributed by atoms with Crippen molar-refractivity contribution in [3.63, 3.8) is 0 Å². The van der Waals surface area contributed by atoms with E-state index in [2.05, 4.69) is 32.8 Å². The molecule has 2 aromatic rings. The molecule has 1 fully saturated rings. The Balaban J connectivity index is 1.51. The number of imidazole rings is 1. The minimum absolute atomic E-state index is 0.873. The number of methoxy groups -OCH3 is 1. The molecule has 1 aromatic carbocycles. The predicted octanol–water partition coefficient (Wildman–Crippen LogP) is 2.67. The van der Waals surface area contributed by atoms with Gasteiger partial charge in [-0.3, -0.25) is 4.90 Å². The van der Waals surface area contributed by atoms with Gasteiger partial charge in [0.25, 0.3) is 0 Å². The Morgan fingerprint density at radius 3 is 2.57 bits per heavy atom. The summed E-state index contributed by atoms with van der Waals surface area (Å²) < 4.78 is 12.8. The first kappa shape index (κ1) is 16.0. The van der Waals surface area contributed by atoms with E-state index in [1.165, 1.54) is 6.42 Å². The molecule has 1 aliphatic rings. The van der Waals surface area contributed by atoms with Crippen molar-refractivity contribution in [2.75, 3.05) is 40.0 Å². The summed E-state index contributed by atoms with van der Waals surface area (Å²) in [6, 6.07) is 8.08. The van der Waals surface area contributed by atoms with E-state index in [1.807, 2.05) is 18.3 Å². The maximum absolute atomic E-state index is 5.38. The number of hydrogen-bond acceptors (Lipinski definition) is 4. The van der Waals surface area contributed by atoms with Crippen LogP contribution in [-0.4, -0.2) is 54.4 Å². The Labute approximate surface area is 137 Å². The smallest absolute Gasteiger partial charge is 0.139 e. The summed E-state index contributed by atoms with van der Waals surface area (Å²) in [5.41, 5.74) is 1.13. The maximum Gasteiger partial charge on any atom is 0.139 e. The van der Waals surface area contributed by atoms with E-state index in [1.54, 1.807) is 7.11 Å². The first-order valence-electron chi connectivity index (χ1n) is 8.32. The SMILES string of the molecule is COc1ccc(-c2nccn2CCCCN2CCOCC2)cc1. The van der Waals surface area contributed by atoms with Crippen molar-refractivity contribution in [3.05, 3.63) is 36.7 Å². The van der Waals surface area contributed by atoms with Crippen molar-refractivity contribution in [1.82, 2.24) is 14.5 Å². The first-order chi connectivity index (χ1) is 11.4. The fourth-order valence-corrected chi connectivity index (χ4v) is 2.93. The van der Waals surface area contributed by atoms with Crippen LogP contribution in [-0.2, 0) is 11.3 Å². The third kappa shape index (κ3) is 4.33. The molecule has 1 aromatic heterocycles. The van der Waals surface area contributed by atoms with Crippen molar-refractivity contribution in [2.24, 2.45) is 0 Å². The normalized spacial score (nSPS) is 15.7. The first-order valence-corrected chi connectivity index (χ1v) is 8.32. The molecule has 0 bridgehead atoms. The van der Waals surface area contributed by atoms with E-state index >= 15 is 0 Å². The van der Waals surface area contributed by atoms with E-state index < -0.39 is 0 Å². The standard InChI is InChI=1S/C18H25N3O2/c1-22-17-6-4-16(5-7-17)18-19-8-11-21(18)10-3-2-9-20-12-14-23-15-13-20/h4-8,11H,2-3,9-10,12-15H2,1H3. The van der Waals surface area contributed by atoms with Gasteiger partial charge in [-0.15, -0.1) is 0 Å². The van der Waals surface area contributed by atoms with E-state index in [0.717, 1.165) is 63.0 Å². The molecule has 0 N–H and O–H groups in total. The predicted molar refractivity (Wildman–Crippen MR) is 90.7 cm³/mol. The van der Waals surface area contributed by atoms with Crippen LogP contribution in [0.25, 0.3) is 11.4 Å². The molecule has 0 amide bonds. The lowest BCUT2D eigenvalue weighted by Gasteiger charge is -2.26. The van der Waals surface area contributed by atoms with Gasteiger partial charge in [0.2, 0.25) is 0 Å². The van der Waals surface area contributed by atoms with E-state index in [-0.39, 0.29) is 0 Å². The summed E-state index contributed by atoms with van der Waals surface area (Å²) in [7, 11) is 1.68. The monoisotopic (exact) mass is 315 g/mol. The lowest BCUT2D eigenvalue weighted by molar-refractivity contribution is 0.0371. The van der Waals surface area contributed by atoms with Crippen molar-refractivity contribution >= 4 is 0 Å². The van der Waals surface area contributed by atoms with Crippen LogP contribution in [0.3, 0.4) is 0 Å². The van der Waals surface area contributed by atoms with Gasteiger partial charge in [-0.1, -0.05) is 0 Å². The van der Waals surface area contributed by atoms with Crippen molar-refractivity contribution < 1.29 is 9.47 Å². The molecule has 0 saturated carbocycles. The molecular formula is C18H25N3O2. The topological polar surface area (TPSA) is 39.5 Å². The molecule has 0 atom stereocenters. The molecule has 23 heavy (non-hydrogen) atoms. The average Bonchev–Trinajstić information content (AvgIpc) is 3.08. The number of aromatic nitrogens is 2. The summed E-state index contributed by atoms with van der Waals surface area (Å²) in [4.78, 5) is 6.99. The second-order valence-electron chi connectivity index (χ2n) is 5.83. The quantitative estimate of drug-likeness (QED) is 0.737. The zero-order valence-corrected chi connectivity index (χ0v) is 13.8. The average molecular weight is 315 g/mol. The minimum Gasteiger partial charge on any atom is -0.497 e. The van der Waals surface area contributed by atoms with Crippen molar-refractivity contribution in [2.45, 2.75) is 19.4 Å². The Morgan fingerprint density at radius 1 is 1.09 bits per heavy atom. The molecule has 5 nitrogen and oxygen atoms in total. The number of unbranched alkanes of at least 4 members (excludes halogenated alkanes) is 1. The molecule has 5 heteroatoms. The van der Waals surface area contributed by atoms with E-state index in [9.17, 15) is 0 Å². The summed E-state index contributed by atoms with van der Waals surface area (Å²) >= 11 is 0. The molecule has 1 saturated heterocycles. The number of hydrogen-bond donors (Lipinski definition) is 0. The summed E-state index contributed by atoms with van der Waals surface area (Å²) in [6.07, 6.45) is 6.31. The second-order valence-corrected chi connectivity index (χ2v) is 5.83. The third-order valence-electron chi connectivity index (χ3n) is 4.29. The van der Waals surface area contributed by atoms with Crippen LogP contribution in [0.5, 0.6) is 5.75 Å². The molecule has 1 aliphatic heterocycles. The highest BCUT2D eigenvalue weighted by molar-refractivity contribution is 5.56. The van der Waals surface area contributed by atoms with Crippen LogP contribution in [0, 0.1) is 0 Å². The molecule has 0 radical (unpaired) electrons. The number of aryl methyl sites for hydroxylation is 1. The third-order valence-corrected chi connectivity index (χ3v) is 4.29. The van der Waals surface area contributed by atoms with Gasteiger partial charge in [-0.25, -0.2) is 4.98 Å². The van der Waals surface area contributed by atoms with Gasteiger partial charge < -0.3 is 14.0 Å². The summed E-state index contributed by atoms with van der Waals surface area (Å²) in [5, 5.41) is 0. The zero-order valence-electron chi connectivity index (χ0n) is 13.8. The Bertz CT molecular complexity index is 589. The van der Waals surface area contributed by atoms with Crippen LogP contribution in [0.1, 0.15) is 12.8 Å². The van der Waals surface area contributed by atoms with E-state index in [0.29, 0.717) is 0 Å². The van der Waals surface area contributed by atoms with Crippen LogP contribution < -0.4 is 4.74 Å². The fraction of sp³-hybridized carbons (Fsp3) is 0.500. The molecule has 124 valence electrons. The van der Waals surface area contributed by atoms with Crippen LogP contribution in [0.4, 0.5) is 0 Å². The summed E-state index contributed by atoms with van der Waals surface area (Å²) in [6.45, 7) is 6.07. The Kier molecular flexibility index (Phi) is 5.66. The lowest BCUT2D eigenvalue weighted by atomic mass is 10.2. The number of benzene rings is 1. The van der Waals surface area contributed by atoms with Gasteiger partial charge >= 0.3 is 0 Å². The van der Waals surface area contributed by atoms with Gasteiger partial charge in [0.1, 0.15) is 11.6 Å². The molecule has 0 aliphatic carbocycles. The largest absolute Gasteiger partial charge is 0.497 e. The van der Waals surface area contributed by atoms with Gasteiger partial charge in [0.05, 0.1) is 20.3 Å². The maximum atomic E-state index is 5.38. The lowest BCUT2D eigenvalue weighted by Crippen LogP contribution is -2.36. The highest BCUT2D eigenvalue weighted by Gasteiger charge is 2.10. The second kappa shape index (κ2) is 8.13. The van der Waals surface area contributed by atoms with Crippen LogP contribution >= 0.6 is 0 Å². The van der Waals surface area contributed by atoms with Gasteiger partial charge in [-0.05, 0) is 43.7 Å². The van der Waals surface area contributed by atoms with Gasteiger partial charge in [0.15, 0.2) is 0 Å². The number of rotatable bonds is 7.